The maximum absolute atomic E-state index is 11.4. The van der Waals surface area contributed by atoms with Gasteiger partial charge in [0.1, 0.15) is 0 Å². The van der Waals surface area contributed by atoms with Gasteiger partial charge in [0.15, 0.2) is 11.5 Å². The second-order valence-electron chi connectivity index (χ2n) is 5.92. The summed E-state index contributed by atoms with van der Waals surface area (Å²) in [6.45, 7) is 0. The van der Waals surface area contributed by atoms with E-state index in [4.69, 9.17) is 9.47 Å². The van der Waals surface area contributed by atoms with Crippen molar-refractivity contribution in [3.63, 3.8) is 0 Å². The second kappa shape index (κ2) is 7.88. The molecule has 2 aromatic carbocycles. The molecule has 0 aliphatic heterocycles. The Labute approximate surface area is 155 Å². The van der Waals surface area contributed by atoms with E-state index in [0.29, 0.717) is 16.9 Å². The molecule has 3 aromatic rings. The molecule has 8 heteroatoms. The van der Waals surface area contributed by atoms with Gasteiger partial charge in [-0.25, -0.2) is 0 Å². The van der Waals surface area contributed by atoms with Gasteiger partial charge in [-0.3, -0.25) is 15.2 Å². The number of nitro groups is 1. The molecule has 0 spiro atoms. The molecule has 1 atom stereocenters. The standard InChI is InChI=1S/C19H19N3O5/c1-26-18-8-14(16(22(24)25)9-19(18)27-2)7-17(23)13-5-3-12(4-6-13)15-10-20-21-11-15/h3-6,8-11,17,23H,7H2,1-2H3,(H,20,21)/t17-/m0/s1. The molecular weight excluding hydrogens is 350 g/mol. The molecular formula is C19H19N3O5. The van der Waals surface area contributed by atoms with Crippen LogP contribution in [0.15, 0.2) is 48.8 Å². The topological polar surface area (TPSA) is 111 Å². The van der Waals surface area contributed by atoms with Gasteiger partial charge >= 0.3 is 0 Å². The molecule has 1 heterocycles. The third-order valence-corrected chi connectivity index (χ3v) is 4.32. The van der Waals surface area contributed by atoms with E-state index < -0.39 is 11.0 Å². The predicted octanol–water partition coefficient (Wildman–Crippen LogP) is 3.28. The van der Waals surface area contributed by atoms with Gasteiger partial charge in [0.05, 0.1) is 37.5 Å². The first-order chi connectivity index (χ1) is 13.0. The molecule has 0 fully saturated rings. The Hall–Kier alpha value is -3.39. The van der Waals surface area contributed by atoms with Crippen LogP contribution in [0.1, 0.15) is 17.2 Å². The van der Waals surface area contributed by atoms with Gasteiger partial charge in [-0.1, -0.05) is 24.3 Å². The van der Waals surface area contributed by atoms with Gasteiger partial charge in [-0.2, -0.15) is 5.10 Å². The monoisotopic (exact) mass is 369 g/mol. The third kappa shape index (κ3) is 3.90. The summed E-state index contributed by atoms with van der Waals surface area (Å²) in [4.78, 5) is 10.9. The highest BCUT2D eigenvalue weighted by Gasteiger charge is 2.22. The number of aliphatic hydroxyl groups excluding tert-OH is 1. The Balaban J connectivity index is 1.86. The summed E-state index contributed by atoms with van der Waals surface area (Å²) in [6, 6.07) is 10.2. The lowest BCUT2D eigenvalue weighted by atomic mass is 9.98. The summed E-state index contributed by atoms with van der Waals surface area (Å²) < 4.78 is 10.3. The molecule has 8 nitrogen and oxygen atoms in total. The van der Waals surface area contributed by atoms with Crippen LogP contribution in [0, 0.1) is 10.1 Å². The number of hydrogen-bond donors (Lipinski definition) is 2. The number of nitrogens with zero attached hydrogens (tertiary/aromatic N) is 2. The Bertz CT molecular complexity index is 923. The Morgan fingerprint density at radius 2 is 1.81 bits per heavy atom. The molecule has 27 heavy (non-hydrogen) atoms. The SMILES string of the molecule is COc1cc(C[C@H](O)c2ccc(-c3cn[nH]c3)cc2)c([N+](=O)[O-])cc1OC. The van der Waals surface area contributed by atoms with Crippen molar-refractivity contribution in [3.8, 4) is 22.6 Å². The van der Waals surface area contributed by atoms with E-state index >= 15 is 0 Å². The molecule has 0 saturated carbocycles. The lowest BCUT2D eigenvalue weighted by Gasteiger charge is -2.14. The maximum Gasteiger partial charge on any atom is 0.276 e. The van der Waals surface area contributed by atoms with Gasteiger partial charge in [-0.05, 0) is 17.2 Å². The van der Waals surface area contributed by atoms with Crippen molar-refractivity contribution >= 4 is 5.69 Å². The Kier molecular flexibility index (Phi) is 5.37. The van der Waals surface area contributed by atoms with Crippen molar-refractivity contribution in [1.29, 1.82) is 0 Å². The molecule has 3 rings (SSSR count). The fraction of sp³-hybridized carbons (Fsp3) is 0.211. The van der Waals surface area contributed by atoms with Crippen LogP contribution in [0.4, 0.5) is 5.69 Å². The summed E-state index contributed by atoms with van der Waals surface area (Å²) in [7, 11) is 2.87. The molecule has 1 aromatic heterocycles. The van der Waals surface area contributed by atoms with E-state index in [2.05, 4.69) is 10.2 Å². The first kappa shape index (κ1) is 18.4. The van der Waals surface area contributed by atoms with Crippen LogP contribution in [-0.4, -0.2) is 34.4 Å². The lowest BCUT2D eigenvalue weighted by molar-refractivity contribution is -0.385. The number of methoxy groups -OCH3 is 2. The van der Waals surface area contributed by atoms with Gasteiger partial charge < -0.3 is 14.6 Å². The summed E-state index contributed by atoms with van der Waals surface area (Å²) in [5.74, 6) is 0.646. The number of hydrogen-bond acceptors (Lipinski definition) is 6. The van der Waals surface area contributed by atoms with Crippen molar-refractivity contribution in [1.82, 2.24) is 10.2 Å². The number of H-pyrrole nitrogens is 1. The van der Waals surface area contributed by atoms with Crippen molar-refractivity contribution in [2.75, 3.05) is 14.2 Å². The van der Waals surface area contributed by atoms with E-state index in [1.54, 1.807) is 24.5 Å². The molecule has 0 amide bonds. The zero-order chi connectivity index (χ0) is 19.4. The first-order valence-corrected chi connectivity index (χ1v) is 8.20. The van der Waals surface area contributed by atoms with E-state index in [0.717, 1.165) is 11.1 Å². The van der Waals surface area contributed by atoms with E-state index in [1.165, 1.54) is 26.4 Å². The number of nitro benzene ring substituents is 1. The minimum Gasteiger partial charge on any atom is -0.493 e. The molecule has 0 aliphatic rings. The molecule has 140 valence electrons. The van der Waals surface area contributed by atoms with Crippen molar-refractivity contribution < 1.29 is 19.5 Å². The fourth-order valence-corrected chi connectivity index (χ4v) is 2.88. The number of aliphatic hydroxyl groups is 1. The molecule has 0 saturated heterocycles. The van der Waals surface area contributed by atoms with Gasteiger partial charge in [0, 0.05) is 23.7 Å². The summed E-state index contributed by atoms with van der Waals surface area (Å²) >= 11 is 0. The van der Waals surface area contributed by atoms with Crippen molar-refractivity contribution in [2.45, 2.75) is 12.5 Å². The maximum atomic E-state index is 11.4. The molecule has 0 unspecified atom stereocenters. The normalized spacial score (nSPS) is 11.8. The van der Waals surface area contributed by atoms with E-state index in [-0.39, 0.29) is 17.9 Å². The number of aromatic amines is 1. The summed E-state index contributed by atoms with van der Waals surface area (Å²) in [5.41, 5.74) is 2.79. The zero-order valence-corrected chi connectivity index (χ0v) is 14.9. The van der Waals surface area contributed by atoms with Crippen LogP contribution in [0.25, 0.3) is 11.1 Å². The van der Waals surface area contributed by atoms with E-state index in [1.807, 2.05) is 12.1 Å². The number of benzene rings is 2. The largest absolute Gasteiger partial charge is 0.493 e. The average molecular weight is 369 g/mol. The van der Waals surface area contributed by atoms with Crippen molar-refractivity contribution in [2.24, 2.45) is 0 Å². The van der Waals surface area contributed by atoms with E-state index in [9.17, 15) is 15.2 Å². The minimum atomic E-state index is -0.903. The molecule has 2 N–H and O–H groups in total. The van der Waals surface area contributed by atoms with Crippen molar-refractivity contribution in [3.05, 3.63) is 70.0 Å². The zero-order valence-electron chi connectivity index (χ0n) is 14.9. The Morgan fingerprint density at radius 3 is 2.37 bits per heavy atom. The lowest BCUT2D eigenvalue weighted by Crippen LogP contribution is -2.05. The summed E-state index contributed by atoms with van der Waals surface area (Å²) in [6.07, 6.45) is 2.65. The van der Waals surface area contributed by atoms with Crippen LogP contribution >= 0.6 is 0 Å². The smallest absolute Gasteiger partial charge is 0.276 e. The number of nitrogens with one attached hydrogen (secondary N) is 1. The quantitative estimate of drug-likeness (QED) is 0.488. The van der Waals surface area contributed by atoms with Gasteiger partial charge in [0.25, 0.3) is 5.69 Å². The van der Waals surface area contributed by atoms with Crippen LogP contribution in [0.5, 0.6) is 11.5 Å². The third-order valence-electron chi connectivity index (χ3n) is 4.32. The molecule has 0 bridgehead atoms. The first-order valence-electron chi connectivity index (χ1n) is 8.20. The van der Waals surface area contributed by atoms with Gasteiger partial charge in [0.2, 0.25) is 0 Å². The minimum absolute atomic E-state index is 0.0712. The fourth-order valence-electron chi connectivity index (χ4n) is 2.88. The highest BCUT2D eigenvalue weighted by atomic mass is 16.6. The van der Waals surface area contributed by atoms with Crippen LogP contribution in [-0.2, 0) is 6.42 Å². The predicted molar refractivity (Wildman–Crippen MR) is 98.9 cm³/mol. The van der Waals surface area contributed by atoms with Gasteiger partial charge in [-0.15, -0.1) is 0 Å². The Morgan fingerprint density at radius 1 is 1.15 bits per heavy atom. The molecule has 0 aliphatic carbocycles. The highest BCUT2D eigenvalue weighted by Crippen LogP contribution is 2.36. The summed E-state index contributed by atoms with van der Waals surface area (Å²) in [5, 5.41) is 28.6. The highest BCUT2D eigenvalue weighted by molar-refractivity contribution is 5.62. The average Bonchev–Trinajstić information content (AvgIpc) is 3.22. The second-order valence-corrected chi connectivity index (χ2v) is 5.92. The number of aromatic nitrogens is 2. The van der Waals surface area contributed by atoms with Crippen LogP contribution in [0.3, 0.4) is 0 Å². The van der Waals surface area contributed by atoms with Crippen LogP contribution in [0.2, 0.25) is 0 Å². The number of rotatable bonds is 7. The number of ether oxygens (including phenoxy) is 2. The molecule has 0 radical (unpaired) electrons. The van der Waals surface area contributed by atoms with Crippen LogP contribution < -0.4 is 9.47 Å².